The predicted octanol–water partition coefficient (Wildman–Crippen LogP) is 3.57. The lowest BCUT2D eigenvalue weighted by atomic mass is 10.1. The van der Waals surface area contributed by atoms with E-state index in [9.17, 15) is 14.9 Å². The predicted molar refractivity (Wildman–Crippen MR) is 76.5 cm³/mol. The third kappa shape index (κ3) is 4.48. The second kappa shape index (κ2) is 7.68. The molecule has 0 aliphatic carbocycles. The van der Waals surface area contributed by atoms with E-state index in [-0.39, 0.29) is 17.9 Å². The Morgan fingerprint density at radius 3 is 2.84 bits per heavy atom. The first-order chi connectivity index (χ1) is 9.10. The Labute approximate surface area is 119 Å². The summed E-state index contributed by atoms with van der Waals surface area (Å²) in [6.45, 7) is 1.92. The second-order valence-electron chi connectivity index (χ2n) is 3.63. The third-order valence-corrected chi connectivity index (χ3v) is 2.77. The number of benzene rings is 1. The van der Waals surface area contributed by atoms with Gasteiger partial charge in [0.05, 0.1) is 22.7 Å². The molecule has 0 spiro atoms. The van der Waals surface area contributed by atoms with Crippen LogP contribution in [0, 0.1) is 10.1 Å². The molecule has 0 aromatic heterocycles. The lowest BCUT2D eigenvalue weighted by molar-refractivity contribution is -0.385. The Kier molecular flexibility index (Phi) is 6.21. The summed E-state index contributed by atoms with van der Waals surface area (Å²) in [7, 11) is 0. The highest BCUT2D eigenvalue weighted by molar-refractivity contribution is 9.09. The molecule has 1 rings (SSSR count). The first kappa shape index (κ1) is 15.4. The van der Waals surface area contributed by atoms with Crippen molar-refractivity contribution in [2.24, 2.45) is 0 Å². The normalized spacial score (nSPS) is 10.6. The number of rotatable bonds is 6. The summed E-state index contributed by atoms with van der Waals surface area (Å²) in [6.07, 6.45) is 4.28. The van der Waals surface area contributed by atoms with Crippen molar-refractivity contribution in [2.75, 3.05) is 11.9 Å². The van der Waals surface area contributed by atoms with Crippen LogP contribution in [-0.2, 0) is 4.74 Å². The molecule has 0 aliphatic rings. The number of nitro benzene ring substituents is 1. The summed E-state index contributed by atoms with van der Waals surface area (Å²) >= 11 is 3.27. The minimum absolute atomic E-state index is 0.101. The average molecular weight is 328 g/mol. The number of esters is 1. The molecule has 0 amide bonds. The smallest absolute Gasteiger partial charge is 0.338 e. The van der Waals surface area contributed by atoms with Crippen molar-refractivity contribution in [1.29, 1.82) is 0 Å². The standard InChI is InChI=1S/C13H14BrNO4/c1-2-19-13(16)11-7-6-10(5-3-4-8-14)12(9-11)15(17)18/h3,5-7,9H,2,4,8H2,1H3. The van der Waals surface area contributed by atoms with Gasteiger partial charge in [-0.15, -0.1) is 0 Å². The summed E-state index contributed by atoms with van der Waals surface area (Å²) in [5.41, 5.74) is 0.557. The van der Waals surface area contributed by atoms with Crippen LogP contribution in [0.1, 0.15) is 29.3 Å². The zero-order chi connectivity index (χ0) is 14.3. The topological polar surface area (TPSA) is 69.4 Å². The number of hydrogen-bond acceptors (Lipinski definition) is 4. The van der Waals surface area contributed by atoms with Crippen molar-refractivity contribution in [1.82, 2.24) is 0 Å². The van der Waals surface area contributed by atoms with Gasteiger partial charge in [-0.3, -0.25) is 10.1 Å². The zero-order valence-corrected chi connectivity index (χ0v) is 12.1. The Balaban J connectivity index is 3.07. The van der Waals surface area contributed by atoms with E-state index in [0.29, 0.717) is 5.56 Å². The Bertz CT molecular complexity index is 499. The molecule has 102 valence electrons. The van der Waals surface area contributed by atoms with Gasteiger partial charge < -0.3 is 4.74 Å². The SMILES string of the molecule is CCOC(=O)c1ccc(C=CCCBr)c([N+](=O)[O-])c1. The average Bonchev–Trinajstić information content (AvgIpc) is 2.39. The van der Waals surface area contributed by atoms with Gasteiger partial charge in [0, 0.05) is 11.4 Å². The zero-order valence-electron chi connectivity index (χ0n) is 10.5. The van der Waals surface area contributed by atoms with Crippen LogP contribution in [-0.4, -0.2) is 22.8 Å². The van der Waals surface area contributed by atoms with Crippen molar-refractivity contribution in [3.8, 4) is 0 Å². The van der Waals surface area contributed by atoms with Gasteiger partial charge in [-0.2, -0.15) is 0 Å². The molecule has 0 heterocycles. The minimum Gasteiger partial charge on any atom is -0.462 e. The van der Waals surface area contributed by atoms with E-state index < -0.39 is 10.9 Å². The Hall–Kier alpha value is -1.69. The number of alkyl halides is 1. The number of nitro groups is 1. The Morgan fingerprint density at radius 1 is 1.53 bits per heavy atom. The summed E-state index contributed by atoms with van der Waals surface area (Å²) in [5, 5.41) is 11.8. The van der Waals surface area contributed by atoms with Crippen LogP contribution >= 0.6 is 15.9 Å². The number of carbonyl (C=O) groups excluding carboxylic acids is 1. The number of ether oxygens (including phenoxy) is 1. The van der Waals surface area contributed by atoms with Gasteiger partial charge in [0.2, 0.25) is 0 Å². The third-order valence-electron chi connectivity index (χ3n) is 2.31. The summed E-state index contributed by atoms with van der Waals surface area (Å²) in [4.78, 5) is 22.0. The highest BCUT2D eigenvalue weighted by atomic mass is 79.9. The molecule has 0 saturated heterocycles. The maximum Gasteiger partial charge on any atom is 0.338 e. The second-order valence-corrected chi connectivity index (χ2v) is 4.42. The fourth-order valence-corrected chi connectivity index (χ4v) is 1.72. The van der Waals surface area contributed by atoms with Crippen LogP contribution in [0.5, 0.6) is 0 Å². The maximum atomic E-state index is 11.5. The fraction of sp³-hybridized carbons (Fsp3) is 0.308. The first-order valence-corrected chi connectivity index (χ1v) is 6.90. The van der Waals surface area contributed by atoms with Crippen LogP contribution < -0.4 is 0 Å². The van der Waals surface area contributed by atoms with Crippen molar-refractivity contribution in [3.63, 3.8) is 0 Å². The Morgan fingerprint density at radius 2 is 2.26 bits per heavy atom. The molecule has 5 nitrogen and oxygen atoms in total. The van der Waals surface area contributed by atoms with Crippen LogP contribution in [0.2, 0.25) is 0 Å². The molecule has 1 aromatic carbocycles. The first-order valence-electron chi connectivity index (χ1n) is 5.78. The molecular weight excluding hydrogens is 314 g/mol. The van der Waals surface area contributed by atoms with Crippen LogP contribution in [0.4, 0.5) is 5.69 Å². The summed E-state index contributed by atoms with van der Waals surface area (Å²) < 4.78 is 4.82. The molecule has 0 radical (unpaired) electrons. The van der Waals surface area contributed by atoms with Gasteiger partial charge in [0.25, 0.3) is 5.69 Å². The van der Waals surface area contributed by atoms with E-state index in [1.165, 1.54) is 12.1 Å². The van der Waals surface area contributed by atoms with Gasteiger partial charge in [0.1, 0.15) is 0 Å². The number of hydrogen-bond donors (Lipinski definition) is 0. The molecule has 19 heavy (non-hydrogen) atoms. The maximum absolute atomic E-state index is 11.5. The minimum atomic E-state index is -0.554. The fourth-order valence-electron chi connectivity index (χ4n) is 1.46. The largest absolute Gasteiger partial charge is 0.462 e. The van der Waals surface area contributed by atoms with E-state index in [2.05, 4.69) is 15.9 Å². The quantitative estimate of drug-likeness (QED) is 0.346. The molecule has 6 heteroatoms. The number of halogens is 1. The lowest BCUT2D eigenvalue weighted by Gasteiger charge is -2.03. The van der Waals surface area contributed by atoms with E-state index in [1.54, 1.807) is 19.1 Å². The summed E-state index contributed by atoms with van der Waals surface area (Å²) in [5.74, 6) is -0.554. The summed E-state index contributed by atoms with van der Waals surface area (Å²) in [6, 6.07) is 4.32. The van der Waals surface area contributed by atoms with Crippen molar-refractivity contribution in [2.45, 2.75) is 13.3 Å². The van der Waals surface area contributed by atoms with Crippen LogP contribution in [0.3, 0.4) is 0 Å². The highest BCUT2D eigenvalue weighted by Gasteiger charge is 2.16. The molecule has 0 aliphatic heterocycles. The van der Waals surface area contributed by atoms with E-state index in [1.807, 2.05) is 6.08 Å². The number of carbonyl (C=O) groups is 1. The van der Waals surface area contributed by atoms with Crippen molar-refractivity contribution >= 4 is 33.7 Å². The molecule has 0 N–H and O–H groups in total. The van der Waals surface area contributed by atoms with Crippen molar-refractivity contribution in [3.05, 3.63) is 45.5 Å². The van der Waals surface area contributed by atoms with Gasteiger partial charge in [-0.25, -0.2) is 4.79 Å². The highest BCUT2D eigenvalue weighted by Crippen LogP contribution is 2.22. The van der Waals surface area contributed by atoms with Gasteiger partial charge >= 0.3 is 5.97 Å². The monoisotopic (exact) mass is 327 g/mol. The molecular formula is C13H14BrNO4. The van der Waals surface area contributed by atoms with Gasteiger partial charge in [-0.1, -0.05) is 28.1 Å². The van der Waals surface area contributed by atoms with Crippen LogP contribution in [0.25, 0.3) is 6.08 Å². The lowest BCUT2D eigenvalue weighted by Crippen LogP contribution is -2.05. The van der Waals surface area contributed by atoms with Crippen molar-refractivity contribution < 1.29 is 14.5 Å². The van der Waals surface area contributed by atoms with Gasteiger partial charge in [0.15, 0.2) is 0 Å². The van der Waals surface area contributed by atoms with Gasteiger partial charge in [-0.05, 0) is 25.5 Å². The van der Waals surface area contributed by atoms with E-state index in [0.717, 1.165) is 11.8 Å². The molecule has 0 bridgehead atoms. The molecule has 0 atom stereocenters. The number of allylic oxidation sites excluding steroid dienone is 1. The van der Waals surface area contributed by atoms with E-state index >= 15 is 0 Å². The van der Waals surface area contributed by atoms with E-state index in [4.69, 9.17) is 4.74 Å². The number of nitrogens with zero attached hydrogens (tertiary/aromatic N) is 1. The molecule has 0 saturated carbocycles. The molecule has 1 aromatic rings. The van der Waals surface area contributed by atoms with Crippen LogP contribution in [0.15, 0.2) is 24.3 Å². The molecule has 0 unspecified atom stereocenters. The molecule has 0 fully saturated rings.